The molecule has 0 unspecified atom stereocenters. The molecule has 0 atom stereocenters. The van der Waals surface area contributed by atoms with Gasteiger partial charge in [0.15, 0.2) is 0 Å². The van der Waals surface area contributed by atoms with E-state index in [4.69, 9.17) is 0 Å². The van der Waals surface area contributed by atoms with Gasteiger partial charge in [-0.3, -0.25) is 4.79 Å². The number of hydrogen-bond acceptors (Lipinski definition) is 4. The molecule has 26 heavy (non-hydrogen) atoms. The van der Waals surface area contributed by atoms with Gasteiger partial charge >= 0.3 is 0 Å². The topological polar surface area (TPSA) is 75.9 Å². The lowest BCUT2D eigenvalue weighted by Gasteiger charge is -1.99. The molecular weight excluding hydrogens is 326 g/mol. The van der Waals surface area contributed by atoms with Gasteiger partial charge in [-0.15, -0.1) is 0 Å². The van der Waals surface area contributed by atoms with E-state index in [1.165, 1.54) is 11.0 Å². The van der Waals surface area contributed by atoms with Crippen LogP contribution in [0.2, 0.25) is 0 Å². The fourth-order valence-electron chi connectivity index (χ4n) is 3.05. The minimum atomic E-state index is -0.247. The maximum Gasteiger partial charge on any atom is 0.298 e. The summed E-state index contributed by atoms with van der Waals surface area (Å²) in [6.45, 7) is 0. The Kier molecular flexibility index (Phi) is 3.15. The molecular formula is C20H13N5O. The summed E-state index contributed by atoms with van der Waals surface area (Å²) < 4.78 is 1.22. The summed E-state index contributed by atoms with van der Waals surface area (Å²) in [6.07, 6.45) is 2.99. The molecule has 0 fully saturated rings. The fraction of sp³-hybridized carbons (Fsp3) is 0. The molecule has 0 saturated carbocycles. The summed E-state index contributed by atoms with van der Waals surface area (Å²) in [4.78, 5) is 24.7. The second kappa shape index (κ2) is 5.63. The zero-order valence-electron chi connectivity index (χ0n) is 13.6. The average molecular weight is 339 g/mol. The minimum Gasteiger partial charge on any atom is -0.349 e. The Labute approximate surface area is 147 Å². The van der Waals surface area contributed by atoms with E-state index in [-0.39, 0.29) is 5.56 Å². The molecule has 0 saturated heterocycles. The maximum absolute atomic E-state index is 12.7. The number of aromatic amines is 1. The van der Waals surface area contributed by atoms with Crippen LogP contribution in [0, 0.1) is 0 Å². The van der Waals surface area contributed by atoms with Crippen LogP contribution in [0.15, 0.2) is 76.9 Å². The van der Waals surface area contributed by atoms with Gasteiger partial charge in [0.05, 0.1) is 17.4 Å². The minimum absolute atomic E-state index is 0.247. The Balaban J connectivity index is 1.59. The van der Waals surface area contributed by atoms with Crippen LogP contribution < -0.4 is 5.56 Å². The van der Waals surface area contributed by atoms with Crippen LogP contribution in [-0.4, -0.2) is 25.8 Å². The van der Waals surface area contributed by atoms with Crippen molar-refractivity contribution < 1.29 is 0 Å². The van der Waals surface area contributed by atoms with Gasteiger partial charge in [0.2, 0.25) is 0 Å². The van der Waals surface area contributed by atoms with Crippen molar-refractivity contribution in [1.29, 1.82) is 0 Å². The monoisotopic (exact) mass is 339 g/mol. The third kappa shape index (κ3) is 2.28. The number of rotatable bonds is 2. The first kappa shape index (κ1) is 14.5. The molecule has 0 bridgehead atoms. The standard InChI is InChI=1S/C20H13N5O/c26-20-19-18(15-6-2-4-8-17(15)24-19)21-12-25(20)22-11-14-10-9-13-5-1-3-7-16(13)23-14/h1-12,24H/b22-11+. The molecule has 0 radical (unpaired) electrons. The normalized spacial score (nSPS) is 11.8. The second-order valence-electron chi connectivity index (χ2n) is 5.96. The molecule has 2 aromatic carbocycles. The van der Waals surface area contributed by atoms with E-state index in [1.54, 1.807) is 6.21 Å². The molecule has 0 aliphatic heterocycles. The van der Waals surface area contributed by atoms with Gasteiger partial charge in [0.25, 0.3) is 5.56 Å². The Morgan fingerprint density at radius 2 is 1.85 bits per heavy atom. The molecule has 6 nitrogen and oxygen atoms in total. The Morgan fingerprint density at radius 3 is 2.81 bits per heavy atom. The lowest BCUT2D eigenvalue weighted by Crippen LogP contribution is -2.17. The summed E-state index contributed by atoms with van der Waals surface area (Å²) >= 11 is 0. The van der Waals surface area contributed by atoms with Gasteiger partial charge in [0.1, 0.15) is 17.4 Å². The highest BCUT2D eigenvalue weighted by Gasteiger charge is 2.09. The number of aromatic nitrogens is 4. The van der Waals surface area contributed by atoms with E-state index in [0.29, 0.717) is 16.7 Å². The van der Waals surface area contributed by atoms with Gasteiger partial charge in [-0.25, -0.2) is 9.97 Å². The molecule has 0 aliphatic rings. The molecule has 3 heterocycles. The number of hydrogen-bond donors (Lipinski definition) is 1. The molecule has 0 spiro atoms. The third-order valence-corrected chi connectivity index (χ3v) is 4.33. The van der Waals surface area contributed by atoms with Gasteiger partial charge < -0.3 is 4.98 Å². The van der Waals surface area contributed by atoms with E-state index in [2.05, 4.69) is 20.1 Å². The molecule has 5 aromatic rings. The molecule has 1 N–H and O–H groups in total. The van der Waals surface area contributed by atoms with Gasteiger partial charge in [-0.2, -0.15) is 9.78 Å². The summed E-state index contributed by atoms with van der Waals surface area (Å²) in [5, 5.41) is 6.22. The van der Waals surface area contributed by atoms with Gasteiger partial charge in [0, 0.05) is 16.3 Å². The summed E-state index contributed by atoms with van der Waals surface area (Å²) in [7, 11) is 0. The maximum atomic E-state index is 12.7. The van der Waals surface area contributed by atoms with E-state index < -0.39 is 0 Å². The number of pyridine rings is 1. The van der Waals surface area contributed by atoms with Crippen LogP contribution in [0.4, 0.5) is 0 Å². The predicted molar refractivity (Wildman–Crippen MR) is 103 cm³/mol. The molecule has 3 aromatic heterocycles. The van der Waals surface area contributed by atoms with Crippen molar-refractivity contribution in [3.8, 4) is 0 Å². The van der Waals surface area contributed by atoms with Crippen LogP contribution in [0.3, 0.4) is 0 Å². The van der Waals surface area contributed by atoms with Gasteiger partial charge in [-0.1, -0.05) is 42.5 Å². The smallest absolute Gasteiger partial charge is 0.298 e. The number of benzene rings is 2. The third-order valence-electron chi connectivity index (χ3n) is 4.33. The lowest BCUT2D eigenvalue weighted by molar-refractivity contribution is 0.815. The zero-order valence-corrected chi connectivity index (χ0v) is 13.6. The Morgan fingerprint density at radius 1 is 1.00 bits per heavy atom. The fourth-order valence-corrected chi connectivity index (χ4v) is 3.05. The van der Waals surface area contributed by atoms with E-state index in [0.717, 1.165) is 21.8 Å². The number of nitrogens with one attached hydrogen (secondary N) is 1. The van der Waals surface area contributed by atoms with Crippen molar-refractivity contribution >= 4 is 39.1 Å². The van der Waals surface area contributed by atoms with E-state index >= 15 is 0 Å². The molecule has 0 aliphatic carbocycles. The van der Waals surface area contributed by atoms with Crippen LogP contribution in [0.5, 0.6) is 0 Å². The molecule has 5 rings (SSSR count). The van der Waals surface area contributed by atoms with Crippen molar-refractivity contribution in [2.24, 2.45) is 5.10 Å². The second-order valence-corrected chi connectivity index (χ2v) is 5.96. The Hall–Kier alpha value is -3.80. The zero-order chi connectivity index (χ0) is 17.5. The van der Waals surface area contributed by atoms with Crippen LogP contribution in [-0.2, 0) is 0 Å². The molecule has 6 heteroatoms. The van der Waals surface area contributed by atoms with Crippen molar-refractivity contribution in [2.75, 3.05) is 0 Å². The SMILES string of the molecule is O=c1c2[nH]c3ccccc3c2ncn1/N=C/c1ccc2ccccc2n1. The number of nitrogens with zero attached hydrogens (tertiary/aromatic N) is 4. The van der Waals surface area contributed by atoms with Crippen LogP contribution in [0.1, 0.15) is 5.69 Å². The van der Waals surface area contributed by atoms with Crippen LogP contribution >= 0.6 is 0 Å². The first-order valence-electron chi connectivity index (χ1n) is 8.18. The Bertz CT molecular complexity index is 1360. The number of para-hydroxylation sites is 2. The highest BCUT2D eigenvalue weighted by Crippen LogP contribution is 2.20. The summed E-state index contributed by atoms with van der Waals surface area (Å²) in [6, 6.07) is 19.4. The van der Waals surface area contributed by atoms with Gasteiger partial charge in [-0.05, 0) is 18.2 Å². The highest BCUT2D eigenvalue weighted by atomic mass is 16.1. The van der Waals surface area contributed by atoms with Crippen molar-refractivity contribution in [3.05, 3.63) is 83.0 Å². The van der Waals surface area contributed by atoms with E-state index in [9.17, 15) is 4.79 Å². The number of fused-ring (bicyclic) bond motifs is 4. The van der Waals surface area contributed by atoms with E-state index in [1.807, 2.05) is 60.7 Å². The number of H-pyrrole nitrogens is 1. The lowest BCUT2D eigenvalue weighted by atomic mass is 10.2. The van der Waals surface area contributed by atoms with Crippen molar-refractivity contribution in [3.63, 3.8) is 0 Å². The average Bonchev–Trinajstić information content (AvgIpc) is 3.07. The summed E-state index contributed by atoms with van der Waals surface area (Å²) in [5.74, 6) is 0. The molecule has 0 amide bonds. The summed E-state index contributed by atoms with van der Waals surface area (Å²) in [5.41, 5.74) is 3.28. The van der Waals surface area contributed by atoms with Crippen molar-refractivity contribution in [1.82, 2.24) is 19.6 Å². The quantitative estimate of drug-likeness (QED) is 0.501. The predicted octanol–water partition coefficient (Wildman–Crippen LogP) is 3.31. The first-order valence-corrected chi connectivity index (χ1v) is 8.18. The first-order chi connectivity index (χ1) is 12.8. The molecule has 124 valence electrons. The van der Waals surface area contributed by atoms with Crippen molar-refractivity contribution in [2.45, 2.75) is 0 Å². The largest absolute Gasteiger partial charge is 0.349 e. The van der Waals surface area contributed by atoms with Crippen LogP contribution in [0.25, 0.3) is 32.8 Å². The highest BCUT2D eigenvalue weighted by molar-refractivity contribution is 6.04.